The molecule has 2 N–H and O–H groups in total. The summed E-state index contributed by atoms with van der Waals surface area (Å²) in [5, 5.41) is 0. The topological polar surface area (TPSA) is 26.0 Å². The fourth-order valence-corrected chi connectivity index (χ4v) is 2.08. The zero-order valence-electron chi connectivity index (χ0n) is 10.9. The summed E-state index contributed by atoms with van der Waals surface area (Å²) in [5.41, 5.74) is 6.81. The van der Waals surface area contributed by atoms with Crippen molar-refractivity contribution < 1.29 is 8.78 Å². The smallest absolute Gasteiger partial charge is 0.161 e. The van der Waals surface area contributed by atoms with Crippen LogP contribution in [0.1, 0.15) is 37.7 Å². The van der Waals surface area contributed by atoms with Gasteiger partial charge in [0.05, 0.1) is 0 Å². The summed E-state index contributed by atoms with van der Waals surface area (Å²) in [4.78, 5) is 0. The molecule has 3 heteroatoms. The number of nitrogens with two attached hydrogens (primary N) is 1. The number of hydrogen-bond donors (Lipinski definition) is 1. The van der Waals surface area contributed by atoms with Gasteiger partial charge in [0, 0.05) is 5.70 Å². The van der Waals surface area contributed by atoms with Crippen LogP contribution >= 0.6 is 0 Å². The van der Waals surface area contributed by atoms with Gasteiger partial charge in [0.1, 0.15) is 0 Å². The average Bonchev–Trinajstić information content (AvgIpc) is 2.38. The first-order valence-corrected chi connectivity index (χ1v) is 6.37. The van der Waals surface area contributed by atoms with Gasteiger partial charge in [-0.3, -0.25) is 0 Å². The molecule has 1 aliphatic carbocycles. The van der Waals surface area contributed by atoms with Crippen LogP contribution in [0.5, 0.6) is 0 Å². The van der Waals surface area contributed by atoms with Gasteiger partial charge in [0.25, 0.3) is 0 Å². The van der Waals surface area contributed by atoms with Crippen LogP contribution in [-0.4, -0.2) is 0 Å². The van der Waals surface area contributed by atoms with Gasteiger partial charge in [0.15, 0.2) is 11.6 Å². The highest BCUT2D eigenvalue weighted by molar-refractivity contribution is 5.16. The van der Waals surface area contributed by atoms with Crippen LogP contribution in [0.2, 0.25) is 0 Å². The SMILES string of the molecule is C=C(N)C1CCCCC1.Cc1cccc(F)c1F. The summed E-state index contributed by atoms with van der Waals surface area (Å²) < 4.78 is 24.6. The van der Waals surface area contributed by atoms with Gasteiger partial charge in [-0.25, -0.2) is 8.78 Å². The standard InChI is InChI=1S/C8H15N.C7H6F2/c1-7(9)8-5-3-2-4-6-8;1-5-3-2-4-6(8)7(5)9/h8H,1-6,9H2;2-4H,1H3. The van der Waals surface area contributed by atoms with Gasteiger partial charge < -0.3 is 5.73 Å². The molecule has 2 rings (SSSR count). The second-order valence-electron chi connectivity index (χ2n) is 4.78. The molecule has 1 saturated carbocycles. The number of benzene rings is 1. The van der Waals surface area contributed by atoms with Crippen LogP contribution in [0.3, 0.4) is 0 Å². The van der Waals surface area contributed by atoms with Crippen LogP contribution < -0.4 is 5.73 Å². The lowest BCUT2D eigenvalue weighted by Crippen LogP contribution is -2.13. The monoisotopic (exact) mass is 253 g/mol. The Morgan fingerprint density at radius 1 is 1.22 bits per heavy atom. The first-order valence-electron chi connectivity index (χ1n) is 6.37. The third-order valence-electron chi connectivity index (χ3n) is 3.27. The van der Waals surface area contributed by atoms with E-state index in [1.807, 2.05) is 0 Å². The van der Waals surface area contributed by atoms with E-state index >= 15 is 0 Å². The van der Waals surface area contributed by atoms with Crippen molar-refractivity contribution in [2.24, 2.45) is 11.7 Å². The Balaban J connectivity index is 0.000000180. The lowest BCUT2D eigenvalue weighted by Gasteiger charge is -2.20. The second kappa shape index (κ2) is 7.14. The molecule has 1 fully saturated rings. The van der Waals surface area contributed by atoms with Gasteiger partial charge in [-0.05, 0) is 37.3 Å². The molecule has 0 heterocycles. The Hall–Kier alpha value is -1.38. The largest absolute Gasteiger partial charge is 0.402 e. The van der Waals surface area contributed by atoms with E-state index in [1.165, 1.54) is 51.2 Å². The van der Waals surface area contributed by atoms with Crippen molar-refractivity contribution in [1.82, 2.24) is 0 Å². The molecule has 0 unspecified atom stereocenters. The molecule has 0 bridgehead atoms. The molecule has 0 amide bonds. The molecule has 1 nitrogen and oxygen atoms in total. The molecule has 0 radical (unpaired) electrons. The molecule has 18 heavy (non-hydrogen) atoms. The van der Waals surface area contributed by atoms with E-state index in [1.54, 1.807) is 0 Å². The van der Waals surface area contributed by atoms with E-state index in [0.717, 1.165) is 11.8 Å². The van der Waals surface area contributed by atoms with E-state index in [4.69, 9.17) is 5.73 Å². The zero-order chi connectivity index (χ0) is 13.5. The maximum atomic E-state index is 12.4. The van der Waals surface area contributed by atoms with Crippen LogP contribution in [0, 0.1) is 24.5 Å². The molecular weight excluding hydrogens is 232 g/mol. The molecular formula is C15H21F2N. The highest BCUT2D eigenvalue weighted by atomic mass is 19.2. The maximum Gasteiger partial charge on any atom is 0.161 e. The van der Waals surface area contributed by atoms with Crippen molar-refractivity contribution in [1.29, 1.82) is 0 Å². The van der Waals surface area contributed by atoms with Crippen molar-refractivity contribution in [2.45, 2.75) is 39.0 Å². The molecule has 1 aromatic rings. The third kappa shape index (κ3) is 4.47. The van der Waals surface area contributed by atoms with Gasteiger partial charge in [0.2, 0.25) is 0 Å². The normalized spacial score (nSPS) is 15.7. The molecule has 1 aliphatic rings. The molecule has 0 saturated heterocycles. The zero-order valence-corrected chi connectivity index (χ0v) is 10.9. The van der Waals surface area contributed by atoms with E-state index in [9.17, 15) is 8.78 Å². The lowest BCUT2D eigenvalue weighted by molar-refractivity contribution is 0.401. The third-order valence-corrected chi connectivity index (χ3v) is 3.27. The van der Waals surface area contributed by atoms with Crippen molar-refractivity contribution >= 4 is 0 Å². The number of halogens is 2. The van der Waals surface area contributed by atoms with E-state index in [0.29, 0.717) is 11.5 Å². The summed E-state index contributed by atoms with van der Waals surface area (Å²) >= 11 is 0. The molecule has 0 aromatic heterocycles. The van der Waals surface area contributed by atoms with Crippen molar-refractivity contribution in [3.8, 4) is 0 Å². The summed E-state index contributed by atoms with van der Waals surface area (Å²) in [7, 11) is 0. The van der Waals surface area contributed by atoms with Crippen LogP contribution in [0.15, 0.2) is 30.5 Å². The number of rotatable bonds is 1. The van der Waals surface area contributed by atoms with E-state index < -0.39 is 11.6 Å². The summed E-state index contributed by atoms with van der Waals surface area (Å²) in [6, 6.07) is 4.11. The first-order chi connectivity index (χ1) is 8.52. The van der Waals surface area contributed by atoms with Gasteiger partial charge in [-0.15, -0.1) is 0 Å². The summed E-state index contributed by atoms with van der Waals surface area (Å²) in [5.74, 6) is -0.897. The van der Waals surface area contributed by atoms with Crippen molar-refractivity contribution in [3.63, 3.8) is 0 Å². The van der Waals surface area contributed by atoms with Crippen molar-refractivity contribution in [3.05, 3.63) is 47.7 Å². The second-order valence-corrected chi connectivity index (χ2v) is 4.78. The van der Waals surface area contributed by atoms with Crippen LogP contribution in [-0.2, 0) is 0 Å². The fraction of sp³-hybridized carbons (Fsp3) is 0.467. The quantitative estimate of drug-likeness (QED) is 0.792. The fourth-order valence-electron chi connectivity index (χ4n) is 2.08. The number of aryl methyl sites for hydroxylation is 1. The van der Waals surface area contributed by atoms with Crippen LogP contribution in [0.25, 0.3) is 0 Å². The predicted octanol–water partition coefficient (Wildman–Crippen LogP) is 4.31. The Labute approximate surface area is 108 Å². The summed E-state index contributed by atoms with van der Waals surface area (Å²) in [6.07, 6.45) is 6.64. The van der Waals surface area contributed by atoms with Gasteiger partial charge >= 0.3 is 0 Å². The highest BCUT2D eigenvalue weighted by Crippen LogP contribution is 2.26. The molecule has 0 spiro atoms. The first kappa shape index (κ1) is 14.7. The van der Waals surface area contributed by atoms with Gasteiger partial charge in [-0.2, -0.15) is 0 Å². The predicted molar refractivity (Wildman–Crippen MR) is 71.0 cm³/mol. The minimum absolute atomic E-state index is 0.343. The Kier molecular flexibility index (Phi) is 5.83. The highest BCUT2D eigenvalue weighted by Gasteiger charge is 2.13. The Morgan fingerprint density at radius 3 is 2.22 bits per heavy atom. The molecule has 100 valence electrons. The molecule has 1 aromatic carbocycles. The minimum Gasteiger partial charge on any atom is -0.402 e. The Bertz CT molecular complexity index is 375. The number of allylic oxidation sites excluding steroid dienone is 1. The van der Waals surface area contributed by atoms with Crippen molar-refractivity contribution in [2.75, 3.05) is 0 Å². The Morgan fingerprint density at radius 2 is 1.83 bits per heavy atom. The van der Waals surface area contributed by atoms with E-state index in [-0.39, 0.29) is 0 Å². The van der Waals surface area contributed by atoms with Crippen LogP contribution in [0.4, 0.5) is 8.78 Å². The van der Waals surface area contributed by atoms with E-state index in [2.05, 4.69) is 6.58 Å². The molecule has 0 aliphatic heterocycles. The van der Waals surface area contributed by atoms with Gasteiger partial charge in [-0.1, -0.05) is 38.0 Å². The summed E-state index contributed by atoms with van der Waals surface area (Å²) in [6.45, 7) is 5.28. The lowest BCUT2D eigenvalue weighted by atomic mass is 9.88. The maximum absolute atomic E-state index is 12.4. The molecule has 0 atom stereocenters. The number of hydrogen-bond acceptors (Lipinski definition) is 1. The minimum atomic E-state index is -0.782. The average molecular weight is 253 g/mol.